The van der Waals surface area contributed by atoms with Crippen molar-refractivity contribution in [2.75, 3.05) is 25.5 Å². The Morgan fingerprint density at radius 3 is 2.66 bits per heavy atom. The van der Waals surface area contributed by atoms with Gasteiger partial charge in [-0.3, -0.25) is 9.89 Å². The van der Waals surface area contributed by atoms with E-state index in [1.54, 1.807) is 0 Å². The van der Waals surface area contributed by atoms with Gasteiger partial charge in [0.15, 0.2) is 5.69 Å². The molecule has 5 rings (SSSR count). The second kappa shape index (κ2) is 8.72. The van der Waals surface area contributed by atoms with Crippen LogP contribution in [0.15, 0.2) is 48.5 Å². The summed E-state index contributed by atoms with van der Waals surface area (Å²) in [6, 6.07) is 15.5. The summed E-state index contributed by atoms with van der Waals surface area (Å²) in [6.07, 6.45) is 2.31. The molecule has 4 aromatic rings. The van der Waals surface area contributed by atoms with Gasteiger partial charge in [-0.1, -0.05) is 6.07 Å². The SMILES string of the molecule is Cc1cc(-c2ccc3[nH]nc(C(=O)Nc4ccc(OC5CCN(C)CC5)cc4)c3c2)sn1. The first-order valence-corrected chi connectivity index (χ1v) is 11.5. The molecule has 0 unspecified atom stereocenters. The van der Waals surface area contributed by atoms with E-state index in [0.29, 0.717) is 11.4 Å². The molecule has 1 fully saturated rings. The Morgan fingerprint density at radius 1 is 1.16 bits per heavy atom. The third-order valence-electron chi connectivity index (χ3n) is 5.77. The molecule has 1 amide bonds. The minimum Gasteiger partial charge on any atom is -0.490 e. The Labute approximate surface area is 190 Å². The van der Waals surface area contributed by atoms with Gasteiger partial charge >= 0.3 is 0 Å². The second-order valence-electron chi connectivity index (χ2n) is 8.26. The van der Waals surface area contributed by atoms with Gasteiger partial charge in [-0.15, -0.1) is 0 Å². The number of likely N-dealkylation sites (tertiary alicyclic amines) is 1. The van der Waals surface area contributed by atoms with Crippen LogP contribution >= 0.6 is 11.5 Å². The van der Waals surface area contributed by atoms with Gasteiger partial charge in [-0.05, 0) is 86.4 Å². The van der Waals surface area contributed by atoms with Gasteiger partial charge in [0.1, 0.15) is 11.9 Å². The highest BCUT2D eigenvalue weighted by Crippen LogP contribution is 2.29. The smallest absolute Gasteiger partial charge is 0.276 e. The first-order chi connectivity index (χ1) is 15.5. The molecule has 0 atom stereocenters. The standard InChI is InChI=1S/C24H25N5O2S/c1-15-13-22(32-28-15)16-3-8-21-20(14-16)23(27-26-21)24(30)25-17-4-6-18(7-5-17)31-19-9-11-29(2)12-10-19/h3-8,13-14,19H,9-12H2,1-2H3,(H,25,30)(H,26,27). The van der Waals surface area contributed by atoms with E-state index in [1.807, 2.05) is 55.5 Å². The van der Waals surface area contributed by atoms with Crippen LogP contribution in [0.3, 0.4) is 0 Å². The number of aromatic amines is 1. The number of carbonyl (C=O) groups is 1. The van der Waals surface area contributed by atoms with Gasteiger partial charge in [-0.2, -0.15) is 9.47 Å². The Bertz CT molecular complexity index is 1240. The molecule has 2 aromatic heterocycles. The van der Waals surface area contributed by atoms with E-state index in [4.69, 9.17) is 4.74 Å². The first kappa shape index (κ1) is 20.7. The first-order valence-electron chi connectivity index (χ1n) is 10.7. The number of benzene rings is 2. The molecule has 1 aliphatic rings. The molecule has 7 nitrogen and oxygen atoms in total. The van der Waals surface area contributed by atoms with E-state index < -0.39 is 0 Å². The lowest BCUT2D eigenvalue weighted by Crippen LogP contribution is -2.35. The minimum absolute atomic E-state index is 0.249. The van der Waals surface area contributed by atoms with Crippen LogP contribution in [-0.2, 0) is 0 Å². The number of anilines is 1. The third kappa shape index (κ3) is 4.37. The maximum Gasteiger partial charge on any atom is 0.276 e. The number of fused-ring (bicyclic) bond motifs is 1. The van der Waals surface area contributed by atoms with E-state index >= 15 is 0 Å². The summed E-state index contributed by atoms with van der Waals surface area (Å²) in [5.74, 6) is 0.574. The van der Waals surface area contributed by atoms with Gasteiger partial charge < -0.3 is 15.0 Å². The summed E-state index contributed by atoms with van der Waals surface area (Å²) >= 11 is 1.45. The topological polar surface area (TPSA) is 83.1 Å². The lowest BCUT2D eigenvalue weighted by Gasteiger charge is -2.29. The van der Waals surface area contributed by atoms with E-state index in [2.05, 4.69) is 31.8 Å². The van der Waals surface area contributed by atoms with Crippen molar-refractivity contribution < 1.29 is 9.53 Å². The highest BCUT2D eigenvalue weighted by molar-refractivity contribution is 7.09. The highest BCUT2D eigenvalue weighted by atomic mass is 32.1. The van der Waals surface area contributed by atoms with E-state index in [-0.39, 0.29) is 12.0 Å². The quantitative estimate of drug-likeness (QED) is 0.463. The van der Waals surface area contributed by atoms with E-state index in [0.717, 1.165) is 58.7 Å². The average Bonchev–Trinajstić information content (AvgIpc) is 3.42. The fourth-order valence-corrected chi connectivity index (χ4v) is 4.69. The van der Waals surface area contributed by atoms with Crippen molar-refractivity contribution in [3.8, 4) is 16.2 Å². The van der Waals surface area contributed by atoms with Crippen molar-refractivity contribution in [2.24, 2.45) is 0 Å². The van der Waals surface area contributed by atoms with Crippen LogP contribution in [0.2, 0.25) is 0 Å². The van der Waals surface area contributed by atoms with Gasteiger partial charge in [0.25, 0.3) is 5.91 Å². The maximum absolute atomic E-state index is 12.9. The molecule has 1 saturated heterocycles. The van der Waals surface area contributed by atoms with Crippen LogP contribution in [0.4, 0.5) is 5.69 Å². The number of nitrogens with one attached hydrogen (secondary N) is 2. The molecule has 0 radical (unpaired) electrons. The minimum atomic E-state index is -0.252. The van der Waals surface area contributed by atoms with Crippen molar-refractivity contribution in [3.05, 3.63) is 59.9 Å². The number of H-pyrrole nitrogens is 1. The molecule has 0 bridgehead atoms. The summed E-state index contributed by atoms with van der Waals surface area (Å²) in [7, 11) is 2.14. The molecular formula is C24H25N5O2S. The fourth-order valence-electron chi connectivity index (χ4n) is 3.94. The van der Waals surface area contributed by atoms with Crippen molar-refractivity contribution in [2.45, 2.75) is 25.9 Å². The molecule has 0 saturated carbocycles. The van der Waals surface area contributed by atoms with Crippen LogP contribution < -0.4 is 10.1 Å². The van der Waals surface area contributed by atoms with Crippen molar-refractivity contribution in [3.63, 3.8) is 0 Å². The number of hydrogen-bond acceptors (Lipinski definition) is 6. The number of ether oxygens (including phenoxy) is 1. The van der Waals surface area contributed by atoms with Crippen LogP contribution in [0, 0.1) is 6.92 Å². The maximum atomic E-state index is 12.9. The predicted molar refractivity (Wildman–Crippen MR) is 127 cm³/mol. The Morgan fingerprint density at radius 2 is 1.94 bits per heavy atom. The number of rotatable bonds is 5. The molecule has 8 heteroatoms. The van der Waals surface area contributed by atoms with Crippen molar-refractivity contribution >= 4 is 34.0 Å². The van der Waals surface area contributed by atoms with Crippen LogP contribution in [0.25, 0.3) is 21.3 Å². The number of nitrogens with zero attached hydrogens (tertiary/aromatic N) is 3. The molecular weight excluding hydrogens is 422 g/mol. The summed E-state index contributed by atoms with van der Waals surface area (Å²) in [4.78, 5) is 16.3. The lowest BCUT2D eigenvalue weighted by atomic mass is 10.1. The van der Waals surface area contributed by atoms with Crippen LogP contribution in [-0.4, -0.2) is 51.6 Å². The zero-order valence-corrected chi connectivity index (χ0v) is 18.9. The summed E-state index contributed by atoms with van der Waals surface area (Å²) in [5, 5.41) is 10.9. The number of hydrogen-bond donors (Lipinski definition) is 2. The molecule has 3 heterocycles. The molecule has 2 N–H and O–H groups in total. The van der Waals surface area contributed by atoms with Gasteiger partial charge in [-0.25, -0.2) is 0 Å². The van der Waals surface area contributed by atoms with Gasteiger partial charge in [0.05, 0.1) is 16.1 Å². The zero-order valence-electron chi connectivity index (χ0n) is 18.1. The third-order valence-corrected chi connectivity index (χ3v) is 6.70. The van der Waals surface area contributed by atoms with Gasteiger partial charge in [0, 0.05) is 24.2 Å². The van der Waals surface area contributed by atoms with Crippen molar-refractivity contribution in [1.29, 1.82) is 0 Å². The van der Waals surface area contributed by atoms with Crippen LogP contribution in [0.1, 0.15) is 29.0 Å². The Hall–Kier alpha value is -3.23. The predicted octanol–water partition coefficient (Wildman–Crippen LogP) is 4.72. The summed E-state index contributed by atoms with van der Waals surface area (Å²) in [6.45, 7) is 4.08. The number of aryl methyl sites for hydroxylation is 1. The largest absolute Gasteiger partial charge is 0.490 e. The molecule has 0 aliphatic carbocycles. The Kier molecular flexibility index (Phi) is 5.63. The number of carbonyl (C=O) groups excluding carboxylic acids is 1. The normalized spacial score (nSPS) is 15.2. The summed E-state index contributed by atoms with van der Waals surface area (Å²) < 4.78 is 10.4. The molecule has 2 aromatic carbocycles. The monoisotopic (exact) mass is 447 g/mol. The molecule has 1 aliphatic heterocycles. The second-order valence-corrected chi connectivity index (χ2v) is 9.07. The number of piperidine rings is 1. The Balaban J connectivity index is 1.29. The number of aromatic nitrogens is 3. The van der Waals surface area contributed by atoms with Crippen LogP contribution in [0.5, 0.6) is 5.75 Å². The van der Waals surface area contributed by atoms with Gasteiger partial charge in [0.2, 0.25) is 0 Å². The number of amides is 1. The highest BCUT2D eigenvalue weighted by Gasteiger charge is 2.19. The zero-order chi connectivity index (χ0) is 22.1. The van der Waals surface area contributed by atoms with E-state index in [1.165, 1.54) is 11.5 Å². The lowest BCUT2D eigenvalue weighted by molar-refractivity contribution is 0.102. The molecule has 0 spiro atoms. The fraction of sp³-hybridized carbons (Fsp3) is 0.292. The van der Waals surface area contributed by atoms with Crippen molar-refractivity contribution in [1.82, 2.24) is 19.5 Å². The molecule has 164 valence electrons. The average molecular weight is 448 g/mol. The molecule has 32 heavy (non-hydrogen) atoms. The van der Waals surface area contributed by atoms with E-state index in [9.17, 15) is 4.79 Å². The summed E-state index contributed by atoms with van der Waals surface area (Å²) in [5.41, 5.74) is 3.90.